The van der Waals surface area contributed by atoms with Gasteiger partial charge in [0.2, 0.25) is 0 Å². The third kappa shape index (κ3) is 8.09. The molecule has 128 valence electrons. The van der Waals surface area contributed by atoms with Crippen LogP contribution in [-0.4, -0.2) is 0 Å². The van der Waals surface area contributed by atoms with Crippen LogP contribution in [0.5, 0.6) is 0 Å². The van der Waals surface area contributed by atoms with Gasteiger partial charge in [0, 0.05) is 0 Å². The fourth-order valence-corrected chi connectivity index (χ4v) is 3.19. The van der Waals surface area contributed by atoms with Crippen molar-refractivity contribution in [1.29, 1.82) is 0 Å². The monoisotopic (exact) mass is 450 g/mol. The number of halogens is 3. The maximum Gasteiger partial charge on any atom is 4.00 e. The summed E-state index contributed by atoms with van der Waals surface area (Å²) in [5, 5.41) is 0. The van der Waals surface area contributed by atoms with Gasteiger partial charge in [0.05, 0.1) is 0 Å². The second-order valence-electron chi connectivity index (χ2n) is 6.01. The Balaban J connectivity index is -0.000001000. The van der Waals surface area contributed by atoms with Crippen LogP contribution in [0.1, 0.15) is 52.4 Å². The average molecular weight is 453 g/mol. The van der Waals surface area contributed by atoms with Gasteiger partial charge in [-0.3, -0.25) is 0 Å². The van der Waals surface area contributed by atoms with Crippen molar-refractivity contribution in [3.05, 3.63) is 55.0 Å². The molecule has 0 nitrogen and oxygen atoms in total. The second kappa shape index (κ2) is 13.9. The summed E-state index contributed by atoms with van der Waals surface area (Å²) in [5.74, 6) is 0. The molecule has 0 unspecified atom stereocenters. The third-order valence-electron chi connectivity index (χ3n) is 4.31. The number of hydrogen-bond acceptors (Lipinski definition) is 0. The first kappa shape index (κ1) is 28.5. The van der Waals surface area contributed by atoms with Crippen molar-refractivity contribution < 1.29 is 63.4 Å². The zero-order valence-electron chi connectivity index (χ0n) is 14.1. The summed E-state index contributed by atoms with van der Waals surface area (Å²) in [6.45, 7) is 4.55. The molecule has 0 heterocycles. The van der Waals surface area contributed by atoms with E-state index in [1.165, 1.54) is 38.5 Å². The molecule has 0 atom stereocenters. The van der Waals surface area contributed by atoms with Crippen LogP contribution in [0.3, 0.4) is 0 Å². The fourth-order valence-electron chi connectivity index (χ4n) is 3.19. The van der Waals surface area contributed by atoms with Gasteiger partial charge in [-0.15, -0.1) is 35.1 Å². The quantitative estimate of drug-likeness (QED) is 0.340. The van der Waals surface area contributed by atoms with E-state index in [2.05, 4.69) is 68.9 Å². The Bertz CT molecular complexity index is 349. The van der Waals surface area contributed by atoms with E-state index in [1.54, 1.807) is 0 Å². The average Bonchev–Trinajstić information content (AvgIpc) is 3.05. The Morgan fingerprint density at radius 2 is 0.957 bits per heavy atom. The first-order valence-electron chi connectivity index (χ1n) is 7.85. The third-order valence-corrected chi connectivity index (χ3v) is 4.31. The van der Waals surface area contributed by atoms with Crippen LogP contribution >= 0.6 is 0 Å². The molecule has 2 rings (SSSR count). The maximum absolute atomic E-state index is 2.59. The summed E-state index contributed by atoms with van der Waals surface area (Å²) in [4.78, 5) is 0. The van der Waals surface area contributed by atoms with Gasteiger partial charge in [-0.05, 0) is 0 Å². The molecular formula is C19H27Cl3Zr. The van der Waals surface area contributed by atoms with Crippen molar-refractivity contribution in [2.24, 2.45) is 10.8 Å². The van der Waals surface area contributed by atoms with E-state index in [4.69, 9.17) is 0 Å². The summed E-state index contributed by atoms with van der Waals surface area (Å²) >= 11 is 0. The normalized spacial score (nSPS) is 17.8. The molecule has 0 bridgehead atoms. The molecule has 0 spiro atoms. The van der Waals surface area contributed by atoms with E-state index in [-0.39, 0.29) is 74.3 Å². The summed E-state index contributed by atoms with van der Waals surface area (Å²) in [6.07, 6.45) is 28.6. The van der Waals surface area contributed by atoms with E-state index < -0.39 is 0 Å². The molecular weight excluding hydrogens is 426 g/mol. The van der Waals surface area contributed by atoms with Crippen LogP contribution in [0.2, 0.25) is 0 Å². The second-order valence-corrected chi connectivity index (χ2v) is 6.01. The number of hydrogen-bond donors (Lipinski definition) is 0. The van der Waals surface area contributed by atoms with E-state index >= 15 is 0 Å². The first-order valence-corrected chi connectivity index (χ1v) is 7.85. The number of allylic oxidation sites excluding steroid dienone is 8. The smallest absolute Gasteiger partial charge is 1.00 e. The van der Waals surface area contributed by atoms with Crippen molar-refractivity contribution in [2.45, 2.75) is 52.4 Å². The van der Waals surface area contributed by atoms with E-state index in [1.807, 2.05) is 0 Å². The minimum absolute atomic E-state index is 0. The number of unbranched alkanes of at least 4 members (excludes halogenated alkanes) is 2. The van der Waals surface area contributed by atoms with E-state index in [0.29, 0.717) is 0 Å². The van der Waals surface area contributed by atoms with Crippen LogP contribution < -0.4 is 37.2 Å². The maximum atomic E-state index is 2.59. The topological polar surface area (TPSA) is 0 Å². The van der Waals surface area contributed by atoms with Crippen molar-refractivity contribution in [3.63, 3.8) is 0 Å². The Labute approximate surface area is 180 Å². The zero-order chi connectivity index (χ0) is 13.6. The standard InChI is InChI=1S/C19H27.3ClH.Zr/c1-3-5-11-18(13-7-8-14-18)17-19(12-6-4-2)15-9-10-16-19;;;;/h7-10,13-17H,3-6,11-12H2,1-2H3;3*1H;/q-1;;;;+4/p-3. The predicted octanol–water partition coefficient (Wildman–Crippen LogP) is -3.19. The molecule has 0 amide bonds. The molecule has 0 saturated heterocycles. The summed E-state index contributed by atoms with van der Waals surface area (Å²) in [6, 6.07) is 0. The predicted molar refractivity (Wildman–Crippen MR) is 84.8 cm³/mol. The molecule has 0 radical (unpaired) electrons. The summed E-state index contributed by atoms with van der Waals surface area (Å²) in [5.41, 5.74) is 0.367. The minimum Gasteiger partial charge on any atom is -1.00 e. The van der Waals surface area contributed by atoms with Crippen LogP contribution in [0.25, 0.3) is 0 Å². The molecule has 0 N–H and O–H groups in total. The Morgan fingerprint density at radius 3 is 1.22 bits per heavy atom. The molecule has 2 aliphatic rings. The number of rotatable bonds is 8. The molecule has 0 aromatic rings. The van der Waals surface area contributed by atoms with Gasteiger partial charge >= 0.3 is 26.2 Å². The molecule has 0 saturated carbocycles. The SMILES string of the molecule is CCCCC1([CH-]C2(CCCC)C=CC=C2)C=CC=C1.[Cl-].[Cl-].[Cl-].[Zr+4]. The van der Waals surface area contributed by atoms with Crippen LogP contribution in [0, 0.1) is 17.3 Å². The zero-order valence-corrected chi connectivity index (χ0v) is 18.8. The van der Waals surface area contributed by atoms with Crippen molar-refractivity contribution >= 4 is 0 Å². The van der Waals surface area contributed by atoms with Gasteiger partial charge < -0.3 is 43.6 Å². The molecule has 0 fully saturated rings. The fraction of sp³-hybridized carbons (Fsp3) is 0.526. The van der Waals surface area contributed by atoms with Gasteiger partial charge in [-0.25, -0.2) is 0 Å². The van der Waals surface area contributed by atoms with Crippen molar-refractivity contribution in [3.8, 4) is 0 Å². The molecule has 0 aliphatic heterocycles. The van der Waals surface area contributed by atoms with Crippen LogP contribution in [-0.2, 0) is 26.2 Å². The van der Waals surface area contributed by atoms with Crippen molar-refractivity contribution in [2.75, 3.05) is 0 Å². The summed E-state index contributed by atoms with van der Waals surface area (Å²) < 4.78 is 0. The molecule has 4 heteroatoms. The molecule has 0 aromatic carbocycles. The van der Waals surface area contributed by atoms with Gasteiger partial charge in [0.1, 0.15) is 0 Å². The van der Waals surface area contributed by atoms with Gasteiger partial charge in [-0.1, -0.05) is 76.7 Å². The van der Waals surface area contributed by atoms with Crippen LogP contribution in [0.15, 0.2) is 48.6 Å². The minimum atomic E-state index is 0. The summed E-state index contributed by atoms with van der Waals surface area (Å²) in [7, 11) is 0. The van der Waals surface area contributed by atoms with Gasteiger partial charge in [0.25, 0.3) is 0 Å². The Morgan fingerprint density at radius 1 is 0.652 bits per heavy atom. The van der Waals surface area contributed by atoms with E-state index in [9.17, 15) is 0 Å². The van der Waals surface area contributed by atoms with E-state index in [0.717, 1.165) is 0 Å². The molecule has 0 aromatic heterocycles. The molecule has 2 aliphatic carbocycles. The van der Waals surface area contributed by atoms with Crippen LogP contribution in [0.4, 0.5) is 0 Å². The Hall–Kier alpha value is 0.713. The molecule has 23 heavy (non-hydrogen) atoms. The first-order chi connectivity index (χ1) is 9.24. The van der Waals surface area contributed by atoms with Gasteiger partial charge in [-0.2, -0.15) is 0 Å². The Kier molecular flexibility index (Phi) is 17.3. The van der Waals surface area contributed by atoms with Crippen molar-refractivity contribution in [1.82, 2.24) is 0 Å². The van der Waals surface area contributed by atoms with Gasteiger partial charge in [0.15, 0.2) is 0 Å². The largest absolute Gasteiger partial charge is 4.00 e.